The number of aromatic nitrogens is 2. The van der Waals surface area contributed by atoms with E-state index < -0.39 is 10.0 Å². The van der Waals surface area contributed by atoms with E-state index in [0.717, 1.165) is 18.7 Å². The molecule has 0 saturated carbocycles. The number of hydrogen-bond acceptors (Lipinski definition) is 5. The summed E-state index contributed by atoms with van der Waals surface area (Å²) in [5.41, 5.74) is 0. The van der Waals surface area contributed by atoms with Crippen LogP contribution in [0.3, 0.4) is 0 Å². The predicted molar refractivity (Wildman–Crippen MR) is 83.6 cm³/mol. The molecule has 0 unspecified atom stereocenters. The van der Waals surface area contributed by atoms with E-state index in [2.05, 4.69) is 29.0 Å². The largest absolute Gasteiger partial charge is 0.314 e. The summed E-state index contributed by atoms with van der Waals surface area (Å²) in [6.07, 6.45) is 5.84. The molecule has 0 aliphatic carbocycles. The zero-order valence-corrected chi connectivity index (χ0v) is 13.9. The van der Waals surface area contributed by atoms with Crippen LogP contribution in [0.4, 0.5) is 0 Å². The number of sulfonamides is 1. The molecule has 6 nitrogen and oxygen atoms in total. The van der Waals surface area contributed by atoms with Crippen LogP contribution in [0.1, 0.15) is 20.3 Å². The first-order chi connectivity index (χ1) is 9.45. The van der Waals surface area contributed by atoms with Gasteiger partial charge >= 0.3 is 0 Å². The zero-order chi connectivity index (χ0) is 15.0. The Kier molecular flexibility index (Phi) is 7.57. The molecule has 0 aromatic carbocycles. The summed E-state index contributed by atoms with van der Waals surface area (Å²) >= 11 is 1.60. The fraction of sp³-hybridized carbons (Fsp3) is 0.750. The molecular formula is C12H24N4O2S2. The minimum atomic E-state index is -3.42. The third-order valence-electron chi connectivity index (χ3n) is 2.63. The molecule has 1 aromatic heterocycles. The Balaban J connectivity index is 2.45. The summed E-state index contributed by atoms with van der Waals surface area (Å²) in [4.78, 5) is 0.232. The van der Waals surface area contributed by atoms with Gasteiger partial charge in [-0.3, -0.25) is 4.68 Å². The van der Waals surface area contributed by atoms with E-state index in [9.17, 15) is 8.42 Å². The highest BCUT2D eigenvalue weighted by atomic mass is 32.2. The van der Waals surface area contributed by atoms with Crippen LogP contribution in [-0.4, -0.2) is 49.3 Å². The molecule has 1 rings (SSSR count). The summed E-state index contributed by atoms with van der Waals surface area (Å²) in [7, 11) is -3.42. The van der Waals surface area contributed by atoms with Crippen molar-refractivity contribution >= 4 is 21.8 Å². The van der Waals surface area contributed by atoms with Crippen molar-refractivity contribution in [1.82, 2.24) is 19.8 Å². The fourth-order valence-corrected chi connectivity index (χ4v) is 3.02. The Morgan fingerprint density at radius 3 is 2.80 bits per heavy atom. The first-order valence-electron chi connectivity index (χ1n) is 6.70. The quantitative estimate of drug-likeness (QED) is 0.627. The first-order valence-corrected chi connectivity index (χ1v) is 9.58. The van der Waals surface area contributed by atoms with Crippen molar-refractivity contribution in [1.29, 1.82) is 0 Å². The molecule has 0 atom stereocenters. The van der Waals surface area contributed by atoms with Crippen molar-refractivity contribution in [3.8, 4) is 0 Å². The van der Waals surface area contributed by atoms with Crippen molar-refractivity contribution in [2.24, 2.45) is 0 Å². The van der Waals surface area contributed by atoms with Crippen LogP contribution < -0.4 is 10.0 Å². The van der Waals surface area contributed by atoms with Gasteiger partial charge in [-0.2, -0.15) is 16.9 Å². The molecule has 1 heterocycles. The van der Waals surface area contributed by atoms with Gasteiger partial charge in [0.05, 0.1) is 6.20 Å². The lowest BCUT2D eigenvalue weighted by molar-refractivity contribution is 0.513. The average Bonchev–Trinajstić information content (AvgIpc) is 2.84. The zero-order valence-electron chi connectivity index (χ0n) is 12.3. The van der Waals surface area contributed by atoms with E-state index in [1.807, 2.05) is 6.26 Å². The van der Waals surface area contributed by atoms with Crippen molar-refractivity contribution in [2.75, 3.05) is 25.1 Å². The number of aryl methyl sites for hydroxylation is 1. The third-order valence-corrected chi connectivity index (χ3v) is 4.66. The molecule has 116 valence electrons. The second kappa shape index (κ2) is 8.66. The van der Waals surface area contributed by atoms with E-state index in [0.29, 0.717) is 19.1 Å². The van der Waals surface area contributed by atoms with E-state index in [1.165, 1.54) is 6.20 Å². The molecule has 0 aliphatic heterocycles. The lowest BCUT2D eigenvalue weighted by Crippen LogP contribution is -2.25. The van der Waals surface area contributed by atoms with Gasteiger partial charge in [0.15, 0.2) is 0 Å². The van der Waals surface area contributed by atoms with E-state index in [1.54, 1.807) is 22.6 Å². The predicted octanol–water partition coefficient (Wildman–Crippen LogP) is 0.913. The Labute approximate surface area is 125 Å². The topological polar surface area (TPSA) is 76.0 Å². The van der Waals surface area contributed by atoms with Gasteiger partial charge in [0.1, 0.15) is 4.90 Å². The molecule has 0 bridgehead atoms. The normalized spacial score (nSPS) is 12.2. The minimum Gasteiger partial charge on any atom is -0.314 e. The van der Waals surface area contributed by atoms with Crippen LogP contribution in [0, 0.1) is 0 Å². The molecule has 1 aromatic rings. The van der Waals surface area contributed by atoms with Gasteiger partial charge in [0.25, 0.3) is 0 Å². The molecule has 0 spiro atoms. The van der Waals surface area contributed by atoms with Gasteiger partial charge < -0.3 is 5.32 Å². The summed E-state index contributed by atoms with van der Waals surface area (Å²) < 4.78 is 28.1. The monoisotopic (exact) mass is 320 g/mol. The molecule has 0 fully saturated rings. The van der Waals surface area contributed by atoms with Crippen molar-refractivity contribution in [3.05, 3.63) is 12.4 Å². The van der Waals surface area contributed by atoms with Crippen LogP contribution in [0.25, 0.3) is 0 Å². The maximum absolute atomic E-state index is 12.0. The van der Waals surface area contributed by atoms with E-state index in [4.69, 9.17) is 0 Å². The van der Waals surface area contributed by atoms with Gasteiger partial charge in [-0.05, 0) is 19.2 Å². The van der Waals surface area contributed by atoms with Crippen LogP contribution in [0.5, 0.6) is 0 Å². The van der Waals surface area contributed by atoms with E-state index in [-0.39, 0.29) is 4.90 Å². The third kappa shape index (κ3) is 6.25. The number of thioether (sulfide) groups is 1. The van der Waals surface area contributed by atoms with Crippen LogP contribution in [0.15, 0.2) is 17.3 Å². The lowest BCUT2D eigenvalue weighted by atomic mass is 10.3. The summed E-state index contributed by atoms with van der Waals surface area (Å²) in [6, 6.07) is 0.462. The van der Waals surface area contributed by atoms with Gasteiger partial charge in [0, 0.05) is 31.1 Å². The Morgan fingerprint density at radius 1 is 1.40 bits per heavy atom. The Bertz CT molecular complexity index is 485. The summed E-state index contributed by atoms with van der Waals surface area (Å²) in [5.74, 6) is 0.758. The minimum absolute atomic E-state index is 0.232. The highest BCUT2D eigenvalue weighted by Crippen LogP contribution is 2.07. The van der Waals surface area contributed by atoms with Crippen LogP contribution in [0.2, 0.25) is 0 Å². The smallest absolute Gasteiger partial charge is 0.243 e. The number of rotatable bonds is 10. The van der Waals surface area contributed by atoms with E-state index >= 15 is 0 Å². The second-order valence-corrected chi connectivity index (χ2v) is 7.54. The maximum Gasteiger partial charge on any atom is 0.243 e. The van der Waals surface area contributed by atoms with Crippen molar-refractivity contribution in [2.45, 2.75) is 37.8 Å². The maximum atomic E-state index is 12.0. The number of nitrogens with zero attached hydrogens (tertiary/aromatic N) is 2. The fourth-order valence-electron chi connectivity index (χ4n) is 1.60. The standard InChI is InChI=1S/C12H24N4O2S2/c1-11(2)13-5-4-7-16-10-12(9-14-16)20(17,18)15-6-8-19-3/h9-11,13,15H,4-8H2,1-3H3. The lowest BCUT2D eigenvalue weighted by Gasteiger charge is -2.07. The molecule has 0 saturated heterocycles. The Morgan fingerprint density at radius 2 is 2.15 bits per heavy atom. The second-order valence-electron chi connectivity index (χ2n) is 4.79. The first kappa shape index (κ1) is 17.5. The number of hydrogen-bond donors (Lipinski definition) is 2. The van der Waals surface area contributed by atoms with Crippen LogP contribution >= 0.6 is 11.8 Å². The highest BCUT2D eigenvalue weighted by molar-refractivity contribution is 7.98. The Hall–Kier alpha value is -0.570. The SMILES string of the molecule is CSCCNS(=O)(=O)c1cnn(CCCNC(C)C)c1. The van der Waals surface area contributed by atoms with Crippen LogP contribution in [-0.2, 0) is 16.6 Å². The molecular weight excluding hydrogens is 296 g/mol. The average molecular weight is 320 g/mol. The summed E-state index contributed by atoms with van der Waals surface area (Å²) in [6.45, 7) is 6.23. The van der Waals surface area contributed by atoms with Gasteiger partial charge in [-0.15, -0.1) is 0 Å². The molecule has 20 heavy (non-hydrogen) atoms. The van der Waals surface area contributed by atoms with Gasteiger partial charge in [0.2, 0.25) is 10.0 Å². The van der Waals surface area contributed by atoms with Gasteiger partial charge in [-0.1, -0.05) is 13.8 Å². The number of nitrogens with one attached hydrogen (secondary N) is 2. The molecule has 2 N–H and O–H groups in total. The molecule has 8 heteroatoms. The van der Waals surface area contributed by atoms with Crippen molar-refractivity contribution in [3.63, 3.8) is 0 Å². The van der Waals surface area contributed by atoms with Gasteiger partial charge in [-0.25, -0.2) is 13.1 Å². The summed E-state index contributed by atoms with van der Waals surface area (Å²) in [5, 5.41) is 7.40. The molecule has 0 aliphatic rings. The molecule has 0 radical (unpaired) electrons. The van der Waals surface area contributed by atoms with Crippen molar-refractivity contribution < 1.29 is 8.42 Å². The highest BCUT2D eigenvalue weighted by Gasteiger charge is 2.15. The molecule has 0 amide bonds.